The van der Waals surface area contributed by atoms with Crippen molar-refractivity contribution in [1.29, 1.82) is 0 Å². The van der Waals surface area contributed by atoms with E-state index in [1.807, 2.05) is 30.9 Å². The van der Waals surface area contributed by atoms with Crippen molar-refractivity contribution in [2.45, 2.75) is 39.3 Å². The molecule has 0 saturated heterocycles. The summed E-state index contributed by atoms with van der Waals surface area (Å²) in [6.45, 7) is 4.47. The molecule has 1 fully saturated rings. The lowest BCUT2D eigenvalue weighted by Gasteiger charge is -2.31. The van der Waals surface area contributed by atoms with Crippen molar-refractivity contribution in [3.63, 3.8) is 0 Å². The van der Waals surface area contributed by atoms with Crippen LogP contribution in [0.2, 0.25) is 0 Å². The molecule has 0 radical (unpaired) electrons. The fourth-order valence-electron chi connectivity index (χ4n) is 1.88. The van der Waals surface area contributed by atoms with Gasteiger partial charge in [-0.15, -0.1) is 11.6 Å². The molecule has 1 aliphatic carbocycles. The molecule has 1 aliphatic rings. The first kappa shape index (κ1) is 13.3. The Morgan fingerprint density at radius 1 is 1.44 bits per heavy atom. The molecule has 0 aromatic carbocycles. The maximum absolute atomic E-state index is 12.5. The van der Waals surface area contributed by atoms with Crippen LogP contribution in [-0.4, -0.2) is 27.7 Å². The number of halogens is 1. The van der Waals surface area contributed by atoms with Crippen molar-refractivity contribution < 1.29 is 4.79 Å². The summed E-state index contributed by atoms with van der Waals surface area (Å²) in [6.07, 6.45) is 5.74. The van der Waals surface area contributed by atoms with E-state index in [1.54, 1.807) is 12.4 Å². The van der Waals surface area contributed by atoms with E-state index in [4.69, 9.17) is 11.6 Å². The van der Waals surface area contributed by atoms with E-state index in [-0.39, 0.29) is 5.91 Å². The molecule has 0 unspecified atom stereocenters. The van der Waals surface area contributed by atoms with Crippen LogP contribution in [-0.2, 0) is 11.3 Å². The first-order valence-electron chi connectivity index (χ1n) is 6.30. The van der Waals surface area contributed by atoms with Gasteiger partial charge in [0.15, 0.2) is 0 Å². The van der Waals surface area contributed by atoms with Gasteiger partial charge in [-0.25, -0.2) is 0 Å². The largest absolute Gasteiger partial charge is 0.335 e. The van der Waals surface area contributed by atoms with E-state index in [0.29, 0.717) is 18.5 Å². The lowest BCUT2D eigenvalue weighted by molar-refractivity contribution is -0.140. The molecule has 0 bridgehead atoms. The number of hydrogen-bond acceptors (Lipinski definition) is 2. The average molecular weight is 267 g/mol. The summed E-state index contributed by atoms with van der Waals surface area (Å²) in [5.74, 6) is 0.502. The molecular weight excluding hydrogens is 248 g/mol. The number of pyridine rings is 1. The van der Waals surface area contributed by atoms with Gasteiger partial charge in [0.25, 0.3) is 0 Å². The molecule has 98 valence electrons. The Morgan fingerprint density at radius 3 is 2.56 bits per heavy atom. The molecule has 1 amide bonds. The standard InChI is InChI=1S/C14H19ClN2O/c1-14(2,10-15)13(18)17(12-3-4-12)9-11-5-7-16-8-6-11/h5-8,12H,3-4,9-10H2,1-2H3. The first-order valence-corrected chi connectivity index (χ1v) is 6.84. The minimum Gasteiger partial charge on any atom is -0.335 e. The Kier molecular flexibility index (Phi) is 3.91. The number of carbonyl (C=O) groups is 1. The number of nitrogens with zero attached hydrogens (tertiary/aromatic N) is 2. The number of alkyl halides is 1. The van der Waals surface area contributed by atoms with Gasteiger partial charge >= 0.3 is 0 Å². The van der Waals surface area contributed by atoms with E-state index in [2.05, 4.69) is 4.98 Å². The number of aromatic nitrogens is 1. The van der Waals surface area contributed by atoms with Crippen LogP contribution in [0.4, 0.5) is 0 Å². The number of carbonyl (C=O) groups excluding carboxylic acids is 1. The summed E-state index contributed by atoms with van der Waals surface area (Å²) in [6, 6.07) is 4.31. The predicted molar refractivity (Wildman–Crippen MR) is 72.3 cm³/mol. The quantitative estimate of drug-likeness (QED) is 0.768. The second kappa shape index (κ2) is 5.27. The SMILES string of the molecule is CC(C)(CCl)C(=O)N(Cc1ccncc1)C1CC1. The van der Waals surface area contributed by atoms with E-state index < -0.39 is 5.41 Å². The molecule has 1 heterocycles. The van der Waals surface area contributed by atoms with Crippen LogP contribution in [0.5, 0.6) is 0 Å². The molecule has 1 saturated carbocycles. The third-order valence-corrected chi connectivity index (χ3v) is 3.93. The van der Waals surface area contributed by atoms with Crippen molar-refractivity contribution in [1.82, 2.24) is 9.88 Å². The summed E-state index contributed by atoms with van der Waals surface area (Å²) < 4.78 is 0. The second-order valence-corrected chi connectivity index (χ2v) is 5.80. The Morgan fingerprint density at radius 2 is 2.06 bits per heavy atom. The van der Waals surface area contributed by atoms with Crippen LogP contribution >= 0.6 is 11.6 Å². The minimum atomic E-state index is -0.489. The van der Waals surface area contributed by atoms with Gasteiger partial charge in [-0.05, 0) is 44.4 Å². The molecule has 0 atom stereocenters. The maximum atomic E-state index is 12.5. The van der Waals surface area contributed by atoms with E-state index in [0.717, 1.165) is 18.4 Å². The molecule has 0 spiro atoms. The molecule has 1 aromatic rings. The summed E-state index contributed by atoms with van der Waals surface area (Å²) in [5, 5.41) is 0. The molecule has 0 aliphatic heterocycles. The summed E-state index contributed by atoms with van der Waals surface area (Å²) in [4.78, 5) is 18.5. The van der Waals surface area contributed by atoms with Crippen molar-refractivity contribution in [2.75, 3.05) is 5.88 Å². The van der Waals surface area contributed by atoms with Gasteiger partial charge in [-0.3, -0.25) is 9.78 Å². The van der Waals surface area contributed by atoms with Gasteiger partial charge in [0.1, 0.15) is 0 Å². The van der Waals surface area contributed by atoms with Crippen LogP contribution in [0.1, 0.15) is 32.3 Å². The highest BCUT2D eigenvalue weighted by molar-refractivity contribution is 6.19. The van der Waals surface area contributed by atoms with Crippen molar-refractivity contribution in [2.24, 2.45) is 5.41 Å². The van der Waals surface area contributed by atoms with Crippen molar-refractivity contribution >= 4 is 17.5 Å². The van der Waals surface area contributed by atoms with E-state index in [1.165, 1.54) is 0 Å². The zero-order valence-electron chi connectivity index (χ0n) is 10.9. The minimum absolute atomic E-state index is 0.150. The Balaban J connectivity index is 2.12. The summed E-state index contributed by atoms with van der Waals surface area (Å²) in [7, 11) is 0. The number of amides is 1. The zero-order valence-corrected chi connectivity index (χ0v) is 11.7. The van der Waals surface area contributed by atoms with Crippen molar-refractivity contribution in [3.05, 3.63) is 30.1 Å². The van der Waals surface area contributed by atoms with Gasteiger partial charge in [0.05, 0.1) is 5.41 Å². The molecule has 1 aromatic heterocycles. The van der Waals surface area contributed by atoms with Crippen molar-refractivity contribution in [3.8, 4) is 0 Å². The molecular formula is C14H19ClN2O. The van der Waals surface area contributed by atoms with E-state index in [9.17, 15) is 4.79 Å². The van der Waals surface area contributed by atoms with Gasteiger partial charge in [-0.2, -0.15) is 0 Å². The van der Waals surface area contributed by atoms with Gasteiger partial charge in [0.2, 0.25) is 5.91 Å². The van der Waals surface area contributed by atoms with Crippen LogP contribution in [0.15, 0.2) is 24.5 Å². The molecule has 3 nitrogen and oxygen atoms in total. The van der Waals surface area contributed by atoms with Crippen LogP contribution < -0.4 is 0 Å². The highest BCUT2D eigenvalue weighted by Gasteiger charge is 2.39. The number of hydrogen-bond donors (Lipinski definition) is 0. The Bertz CT molecular complexity index is 415. The maximum Gasteiger partial charge on any atom is 0.229 e. The lowest BCUT2D eigenvalue weighted by Crippen LogP contribution is -2.42. The van der Waals surface area contributed by atoms with Gasteiger partial charge in [-0.1, -0.05) is 0 Å². The molecule has 0 N–H and O–H groups in total. The molecule has 2 rings (SSSR count). The third-order valence-electron chi connectivity index (χ3n) is 3.26. The first-order chi connectivity index (χ1) is 8.54. The monoisotopic (exact) mass is 266 g/mol. The smallest absolute Gasteiger partial charge is 0.229 e. The number of rotatable bonds is 5. The second-order valence-electron chi connectivity index (χ2n) is 5.54. The van der Waals surface area contributed by atoms with Crippen LogP contribution in [0.3, 0.4) is 0 Å². The molecule has 4 heteroatoms. The normalized spacial score (nSPS) is 15.5. The molecule has 18 heavy (non-hydrogen) atoms. The zero-order chi connectivity index (χ0) is 13.2. The topological polar surface area (TPSA) is 33.2 Å². The Labute approximate surface area is 113 Å². The Hall–Kier alpha value is -1.09. The van der Waals surface area contributed by atoms with Gasteiger partial charge < -0.3 is 4.90 Å². The average Bonchev–Trinajstić information content (AvgIpc) is 3.20. The fraction of sp³-hybridized carbons (Fsp3) is 0.571. The van der Waals surface area contributed by atoms with Crippen LogP contribution in [0.25, 0.3) is 0 Å². The van der Waals surface area contributed by atoms with Crippen LogP contribution in [0, 0.1) is 5.41 Å². The van der Waals surface area contributed by atoms with E-state index >= 15 is 0 Å². The fourth-order valence-corrected chi connectivity index (χ4v) is 2.00. The highest BCUT2D eigenvalue weighted by Crippen LogP contribution is 2.32. The summed E-state index contributed by atoms with van der Waals surface area (Å²) >= 11 is 5.90. The summed E-state index contributed by atoms with van der Waals surface area (Å²) in [5.41, 5.74) is 0.632. The highest BCUT2D eigenvalue weighted by atomic mass is 35.5. The predicted octanol–water partition coefficient (Wildman–Crippen LogP) is 2.84. The van der Waals surface area contributed by atoms with Gasteiger partial charge in [0, 0.05) is 30.9 Å². The third kappa shape index (κ3) is 3.02. The lowest BCUT2D eigenvalue weighted by atomic mass is 9.94.